The van der Waals surface area contributed by atoms with Crippen LogP contribution in [0.5, 0.6) is 5.88 Å². The lowest BCUT2D eigenvalue weighted by Crippen LogP contribution is -2.42. The Morgan fingerprint density at radius 2 is 2.09 bits per heavy atom. The smallest absolute Gasteiger partial charge is 0.333 e. The molecule has 0 bridgehead atoms. The van der Waals surface area contributed by atoms with Gasteiger partial charge in [-0.25, -0.2) is 4.79 Å². The van der Waals surface area contributed by atoms with Gasteiger partial charge in [0.15, 0.2) is 0 Å². The van der Waals surface area contributed by atoms with Crippen LogP contribution in [0.3, 0.4) is 0 Å². The van der Waals surface area contributed by atoms with Gasteiger partial charge in [-0.3, -0.25) is 18.9 Å². The first-order valence-electron chi connectivity index (χ1n) is 6.74. The maximum Gasteiger partial charge on any atom is 0.333 e. The molecule has 3 rings (SSSR count). The Morgan fingerprint density at radius 3 is 2.70 bits per heavy atom. The molecule has 2 aromatic heterocycles. The summed E-state index contributed by atoms with van der Waals surface area (Å²) in [6.07, 6.45) is 3.14. The summed E-state index contributed by atoms with van der Waals surface area (Å²) >= 11 is 0. The molecule has 0 aliphatic carbocycles. The Bertz CT molecular complexity index is 979. The topological polar surface area (TPSA) is 116 Å². The van der Waals surface area contributed by atoms with Gasteiger partial charge in [0.25, 0.3) is 5.56 Å². The molecule has 8 nitrogen and oxygen atoms in total. The van der Waals surface area contributed by atoms with Crippen LogP contribution in [0, 0.1) is 11.3 Å². The molecular weight excluding hydrogens is 298 g/mol. The maximum absolute atomic E-state index is 12.6. The monoisotopic (exact) mass is 311 g/mol. The van der Waals surface area contributed by atoms with Gasteiger partial charge < -0.3 is 10.5 Å². The average Bonchev–Trinajstić information content (AvgIpc) is 2.57. The van der Waals surface area contributed by atoms with E-state index in [-0.39, 0.29) is 22.9 Å². The van der Waals surface area contributed by atoms with Crippen LogP contribution in [0.1, 0.15) is 17.0 Å². The van der Waals surface area contributed by atoms with Crippen molar-refractivity contribution in [1.29, 1.82) is 5.26 Å². The summed E-state index contributed by atoms with van der Waals surface area (Å²) in [5.41, 5.74) is 5.68. The van der Waals surface area contributed by atoms with Gasteiger partial charge in [0.05, 0.1) is 11.5 Å². The number of fused-ring (bicyclic) bond motifs is 1. The summed E-state index contributed by atoms with van der Waals surface area (Å²) < 4.78 is 7.57. The first-order chi connectivity index (χ1) is 11.0. The molecule has 0 saturated carbocycles. The molecule has 2 N–H and O–H groups in total. The number of hydrogen-bond donors (Lipinski definition) is 1. The number of ether oxygens (including phenoxy) is 1. The van der Waals surface area contributed by atoms with Crippen molar-refractivity contribution in [2.24, 2.45) is 19.8 Å². The van der Waals surface area contributed by atoms with E-state index in [1.807, 2.05) is 6.07 Å². The van der Waals surface area contributed by atoms with E-state index in [1.54, 1.807) is 24.5 Å². The van der Waals surface area contributed by atoms with Crippen LogP contribution in [-0.4, -0.2) is 14.1 Å². The number of nitrogens with zero attached hydrogens (tertiary/aromatic N) is 4. The van der Waals surface area contributed by atoms with Gasteiger partial charge >= 0.3 is 5.69 Å². The van der Waals surface area contributed by atoms with Gasteiger partial charge in [-0.1, -0.05) is 6.07 Å². The molecule has 0 aromatic carbocycles. The molecule has 2 aromatic rings. The Balaban J connectivity index is 2.43. The Morgan fingerprint density at radius 1 is 1.35 bits per heavy atom. The van der Waals surface area contributed by atoms with Crippen molar-refractivity contribution in [3.8, 4) is 11.9 Å². The van der Waals surface area contributed by atoms with Crippen LogP contribution < -0.4 is 21.7 Å². The molecule has 0 fully saturated rings. The third kappa shape index (κ3) is 2.02. The van der Waals surface area contributed by atoms with Crippen molar-refractivity contribution in [1.82, 2.24) is 14.1 Å². The fraction of sp³-hybridized carbons (Fsp3) is 0.200. The standard InChI is InChI=1S/C15H13N5O3/c1-19-13(21)11-10(8-4-3-5-18-7-8)9(6-16)12(17)23-14(11)20(2)15(19)22/h3-5,7,10H,17H2,1-2H3. The molecule has 8 heteroatoms. The van der Waals surface area contributed by atoms with E-state index in [9.17, 15) is 14.9 Å². The SMILES string of the molecule is Cn1c2c(c(=O)n(C)c1=O)C(c1cccnc1)C(C#N)=C(N)O2. The van der Waals surface area contributed by atoms with Gasteiger partial charge in [0, 0.05) is 26.5 Å². The van der Waals surface area contributed by atoms with Gasteiger partial charge in [-0.2, -0.15) is 5.26 Å². The highest BCUT2D eigenvalue weighted by Gasteiger charge is 2.35. The van der Waals surface area contributed by atoms with Crippen molar-refractivity contribution >= 4 is 0 Å². The third-order valence-corrected chi connectivity index (χ3v) is 3.83. The summed E-state index contributed by atoms with van der Waals surface area (Å²) in [4.78, 5) is 28.7. The first kappa shape index (κ1) is 14.6. The highest BCUT2D eigenvalue weighted by Crippen LogP contribution is 2.38. The zero-order valence-electron chi connectivity index (χ0n) is 12.5. The first-order valence-corrected chi connectivity index (χ1v) is 6.74. The van der Waals surface area contributed by atoms with Gasteiger partial charge in [-0.05, 0) is 11.6 Å². The maximum atomic E-state index is 12.6. The van der Waals surface area contributed by atoms with Crippen LogP contribution >= 0.6 is 0 Å². The minimum Gasteiger partial charge on any atom is -0.423 e. The second-order valence-electron chi connectivity index (χ2n) is 5.14. The van der Waals surface area contributed by atoms with Crippen molar-refractivity contribution in [3.05, 3.63) is 67.9 Å². The van der Waals surface area contributed by atoms with Gasteiger partial charge in [0.2, 0.25) is 11.8 Å². The molecule has 1 unspecified atom stereocenters. The lowest BCUT2D eigenvalue weighted by atomic mass is 9.86. The highest BCUT2D eigenvalue weighted by molar-refractivity contribution is 5.52. The Hall–Kier alpha value is -3.34. The molecule has 0 saturated heterocycles. The minimum absolute atomic E-state index is 0.0449. The van der Waals surface area contributed by atoms with E-state index in [0.717, 1.165) is 4.57 Å². The lowest BCUT2D eigenvalue weighted by Gasteiger charge is -2.26. The van der Waals surface area contributed by atoms with Crippen molar-refractivity contribution in [3.63, 3.8) is 0 Å². The predicted molar refractivity (Wildman–Crippen MR) is 80.5 cm³/mol. The van der Waals surface area contributed by atoms with Crippen molar-refractivity contribution in [2.75, 3.05) is 0 Å². The van der Waals surface area contributed by atoms with Crippen LogP contribution in [0.2, 0.25) is 0 Å². The average molecular weight is 311 g/mol. The second-order valence-corrected chi connectivity index (χ2v) is 5.14. The van der Waals surface area contributed by atoms with E-state index in [2.05, 4.69) is 4.98 Å². The van der Waals surface area contributed by atoms with Crippen LogP contribution in [0.15, 0.2) is 45.6 Å². The van der Waals surface area contributed by atoms with Crippen LogP contribution in [0.25, 0.3) is 0 Å². The zero-order chi connectivity index (χ0) is 16.7. The molecule has 0 radical (unpaired) electrons. The van der Waals surface area contributed by atoms with E-state index >= 15 is 0 Å². The zero-order valence-corrected chi connectivity index (χ0v) is 12.5. The molecule has 116 valence electrons. The van der Waals surface area contributed by atoms with Gasteiger partial charge in [0.1, 0.15) is 11.6 Å². The number of aromatic nitrogens is 3. The molecule has 3 heterocycles. The number of pyridine rings is 1. The largest absolute Gasteiger partial charge is 0.423 e. The lowest BCUT2D eigenvalue weighted by molar-refractivity contribution is 0.348. The summed E-state index contributed by atoms with van der Waals surface area (Å²) in [5, 5.41) is 9.44. The van der Waals surface area contributed by atoms with Crippen molar-refractivity contribution in [2.45, 2.75) is 5.92 Å². The third-order valence-electron chi connectivity index (χ3n) is 3.83. The fourth-order valence-corrected chi connectivity index (χ4v) is 2.67. The summed E-state index contributed by atoms with van der Waals surface area (Å²) in [6, 6.07) is 5.42. The Labute approximate surface area is 130 Å². The molecule has 1 aliphatic heterocycles. The molecule has 0 spiro atoms. The predicted octanol–water partition coefficient (Wildman–Crippen LogP) is -0.303. The van der Waals surface area contributed by atoms with E-state index < -0.39 is 17.2 Å². The number of allylic oxidation sites excluding steroid dienone is 1. The van der Waals surface area contributed by atoms with E-state index in [4.69, 9.17) is 10.5 Å². The molecule has 1 aliphatic rings. The second kappa shape index (κ2) is 5.14. The van der Waals surface area contributed by atoms with E-state index in [1.165, 1.54) is 18.7 Å². The summed E-state index contributed by atoms with van der Waals surface area (Å²) in [6.45, 7) is 0. The molecular formula is C15H13N5O3. The normalized spacial score (nSPS) is 16.5. The van der Waals surface area contributed by atoms with E-state index in [0.29, 0.717) is 5.56 Å². The Kier molecular flexibility index (Phi) is 3.26. The number of hydrogen-bond acceptors (Lipinski definition) is 6. The number of rotatable bonds is 1. The van der Waals surface area contributed by atoms with Crippen LogP contribution in [-0.2, 0) is 14.1 Å². The number of nitriles is 1. The van der Waals surface area contributed by atoms with Crippen molar-refractivity contribution < 1.29 is 4.74 Å². The molecule has 23 heavy (non-hydrogen) atoms. The quantitative estimate of drug-likeness (QED) is 0.772. The van der Waals surface area contributed by atoms with Crippen LogP contribution in [0.4, 0.5) is 0 Å². The summed E-state index contributed by atoms with van der Waals surface area (Å²) in [5.74, 6) is -0.816. The minimum atomic E-state index is -0.733. The van der Waals surface area contributed by atoms with Gasteiger partial charge in [-0.15, -0.1) is 0 Å². The molecule has 1 atom stereocenters. The summed E-state index contributed by atoms with van der Waals surface area (Å²) in [7, 11) is 2.85. The molecule has 0 amide bonds. The highest BCUT2D eigenvalue weighted by atomic mass is 16.5. The number of nitrogens with two attached hydrogens (primary N) is 1. The fourth-order valence-electron chi connectivity index (χ4n) is 2.67.